The topological polar surface area (TPSA) is 60.9 Å². The van der Waals surface area contributed by atoms with Crippen LogP contribution in [0.3, 0.4) is 0 Å². The number of amides is 1. The van der Waals surface area contributed by atoms with Gasteiger partial charge in [0.15, 0.2) is 0 Å². The molecule has 2 unspecified atom stereocenters. The molecular weight excluding hydrogens is 370 g/mol. The van der Waals surface area contributed by atoms with Crippen molar-refractivity contribution in [1.29, 1.82) is 0 Å². The predicted molar refractivity (Wildman–Crippen MR) is 123 cm³/mol. The summed E-state index contributed by atoms with van der Waals surface area (Å²) in [5.41, 5.74) is 9.25. The number of hydrogen-bond acceptors (Lipinski definition) is 2. The fraction of sp³-hybridized carbons (Fsp3) is 0.462. The van der Waals surface area contributed by atoms with E-state index in [1.165, 1.54) is 35.8 Å². The lowest BCUT2D eigenvalue weighted by Gasteiger charge is -2.28. The molecule has 0 aliphatic heterocycles. The van der Waals surface area contributed by atoms with Crippen molar-refractivity contribution in [1.82, 2.24) is 9.55 Å². The summed E-state index contributed by atoms with van der Waals surface area (Å²) in [6, 6.07) is 15.0. The van der Waals surface area contributed by atoms with Crippen LogP contribution in [-0.2, 0) is 4.79 Å². The minimum absolute atomic E-state index is 0.0388. The predicted octanol–water partition coefficient (Wildman–Crippen LogP) is 6.12. The number of benzene rings is 1. The van der Waals surface area contributed by atoms with Crippen LogP contribution in [0.4, 0.5) is 0 Å². The molecule has 0 spiro atoms. The van der Waals surface area contributed by atoms with Crippen LogP contribution in [0, 0.1) is 11.8 Å². The summed E-state index contributed by atoms with van der Waals surface area (Å²) in [6.45, 7) is 2.25. The van der Waals surface area contributed by atoms with E-state index in [2.05, 4.69) is 53.0 Å². The fourth-order valence-electron chi connectivity index (χ4n) is 5.19. The third kappa shape index (κ3) is 4.43. The van der Waals surface area contributed by atoms with Crippen LogP contribution in [-0.4, -0.2) is 15.5 Å². The number of carbonyl (C=O) groups is 1. The summed E-state index contributed by atoms with van der Waals surface area (Å²) >= 11 is 0. The van der Waals surface area contributed by atoms with Crippen LogP contribution in [0.25, 0.3) is 22.2 Å². The first-order chi connectivity index (χ1) is 14.6. The van der Waals surface area contributed by atoms with Gasteiger partial charge in [0, 0.05) is 35.3 Å². The van der Waals surface area contributed by atoms with E-state index in [1.54, 1.807) is 0 Å². The highest BCUT2D eigenvalue weighted by atomic mass is 16.1. The minimum Gasteiger partial charge on any atom is -0.369 e. The van der Waals surface area contributed by atoms with Gasteiger partial charge >= 0.3 is 0 Å². The average molecular weight is 404 g/mol. The summed E-state index contributed by atoms with van der Waals surface area (Å²) in [5.74, 6) is 0.427. The number of pyridine rings is 1. The number of hydrogen-bond donors (Lipinski definition) is 1. The number of nitrogens with two attached hydrogens (primary N) is 1. The molecule has 4 heteroatoms. The van der Waals surface area contributed by atoms with E-state index in [4.69, 9.17) is 5.73 Å². The zero-order valence-electron chi connectivity index (χ0n) is 18.0. The van der Waals surface area contributed by atoms with E-state index < -0.39 is 0 Å². The van der Waals surface area contributed by atoms with Crippen LogP contribution in [0.1, 0.15) is 64.3 Å². The van der Waals surface area contributed by atoms with E-state index in [-0.39, 0.29) is 11.8 Å². The van der Waals surface area contributed by atoms with Crippen molar-refractivity contribution in [3.05, 3.63) is 54.9 Å². The van der Waals surface area contributed by atoms with E-state index in [0.717, 1.165) is 37.8 Å². The minimum atomic E-state index is -0.103. The first-order valence-electron chi connectivity index (χ1n) is 11.5. The molecule has 1 aromatic carbocycles. The smallest absolute Gasteiger partial charge is 0.220 e. The number of aromatic nitrogens is 2. The highest BCUT2D eigenvalue weighted by Gasteiger charge is 2.27. The Balaban J connectivity index is 1.48. The highest BCUT2D eigenvalue weighted by Crippen LogP contribution is 2.35. The molecule has 1 aliphatic rings. The molecular formula is C26H33N3O. The maximum atomic E-state index is 12.1. The van der Waals surface area contributed by atoms with Crippen molar-refractivity contribution in [3.63, 3.8) is 0 Å². The van der Waals surface area contributed by atoms with Crippen molar-refractivity contribution in [2.75, 3.05) is 0 Å². The van der Waals surface area contributed by atoms with Crippen molar-refractivity contribution in [3.8, 4) is 11.1 Å². The molecule has 2 heterocycles. The monoisotopic (exact) mass is 403 g/mol. The lowest BCUT2D eigenvalue weighted by Crippen LogP contribution is -2.31. The second-order valence-electron chi connectivity index (χ2n) is 8.88. The number of fused-ring (bicyclic) bond motifs is 1. The van der Waals surface area contributed by atoms with Gasteiger partial charge in [-0.25, -0.2) is 4.98 Å². The van der Waals surface area contributed by atoms with Crippen LogP contribution in [0.15, 0.2) is 54.9 Å². The van der Waals surface area contributed by atoms with Gasteiger partial charge in [-0.05, 0) is 56.2 Å². The molecule has 0 bridgehead atoms. The first-order valence-corrected chi connectivity index (χ1v) is 11.5. The number of nitrogens with zero attached hydrogens (tertiary/aromatic N) is 2. The van der Waals surface area contributed by atoms with E-state index in [0.29, 0.717) is 12.0 Å². The third-order valence-electron chi connectivity index (χ3n) is 6.87. The third-order valence-corrected chi connectivity index (χ3v) is 6.87. The van der Waals surface area contributed by atoms with Gasteiger partial charge in [-0.2, -0.15) is 0 Å². The lowest BCUT2D eigenvalue weighted by molar-refractivity contribution is -0.124. The van der Waals surface area contributed by atoms with E-state index in [9.17, 15) is 4.79 Å². The summed E-state index contributed by atoms with van der Waals surface area (Å²) in [4.78, 5) is 16.8. The number of carbonyl (C=O) groups excluding carboxylic acids is 1. The Morgan fingerprint density at radius 1 is 1.10 bits per heavy atom. The maximum Gasteiger partial charge on any atom is 0.220 e. The largest absolute Gasteiger partial charge is 0.369 e. The Labute approximate surface area is 179 Å². The van der Waals surface area contributed by atoms with Crippen LogP contribution in [0.2, 0.25) is 0 Å². The molecule has 1 amide bonds. The fourth-order valence-corrected chi connectivity index (χ4v) is 5.19. The second-order valence-corrected chi connectivity index (χ2v) is 8.88. The van der Waals surface area contributed by atoms with Crippen molar-refractivity contribution >= 4 is 16.9 Å². The zero-order valence-corrected chi connectivity index (χ0v) is 18.0. The lowest BCUT2D eigenvalue weighted by atomic mass is 9.77. The van der Waals surface area contributed by atoms with Gasteiger partial charge < -0.3 is 10.3 Å². The van der Waals surface area contributed by atoms with Crippen molar-refractivity contribution in [2.45, 2.75) is 64.3 Å². The van der Waals surface area contributed by atoms with Crippen molar-refractivity contribution in [2.24, 2.45) is 17.6 Å². The van der Waals surface area contributed by atoms with Crippen LogP contribution < -0.4 is 5.73 Å². The highest BCUT2D eigenvalue weighted by molar-refractivity contribution is 5.94. The molecule has 1 saturated carbocycles. The van der Waals surface area contributed by atoms with Gasteiger partial charge in [-0.1, -0.05) is 56.0 Å². The number of rotatable bonds is 8. The van der Waals surface area contributed by atoms with Gasteiger partial charge in [0.25, 0.3) is 0 Å². The molecule has 0 radical (unpaired) electrons. The first kappa shape index (κ1) is 20.6. The molecule has 1 aliphatic carbocycles. The molecule has 30 heavy (non-hydrogen) atoms. The van der Waals surface area contributed by atoms with Crippen LogP contribution in [0.5, 0.6) is 0 Å². The zero-order chi connectivity index (χ0) is 20.9. The number of primary amides is 1. The summed E-state index contributed by atoms with van der Waals surface area (Å²) in [5, 5.41) is 1.19. The second kappa shape index (κ2) is 9.46. The average Bonchev–Trinajstić information content (AvgIpc) is 3.17. The van der Waals surface area contributed by atoms with Gasteiger partial charge in [0.05, 0.1) is 0 Å². The van der Waals surface area contributed by atoms with Crippen molar-refractivity contribution < 1.29 is 4.79 Å². The Hall–Kier alpha value is -2.62. The Morgan fingerprint density at radius 3 is 2.60 bits per heavy atom. The van der Waals surface area contributed by atoms with Gasteiger partial charge in [0.1, 0.15) is 5.65 Å². The Morgan fingerprint density at radius 2 is 1.87 bits per heavy atom. The maximum absolute atomic E-state index is 12.1. The van der Waals surface area contributed by atoms with Gasteiger partial charge in [-0.15, -0.1) is 0 Å². The van der Waals surface area contributed by atoms with E-state index in [1.807, 2.05) is 18.3 Å². The SMILES string of the molecule is CC(CCCC(C(N)=O)C1CCCCC1)n1cc(-c2ccccc2)c2cccnc21. The molecule has 2 aromatic heterocycles. The molecule has 1 fully saturated rings. The van der Waals surface area contributed by atoms with E-state index >= 15 is 0 Å². The standard InChI is InChI=1S/C26H33N3O/c1-19(10-8-15-22(25(27)30)20-11-4-2-5-12-20)29-18-24(21-13-6-3-7-14-21)23-16-9-17-28-26(23)29/h3,6-7,9,13-14,16-20,22H,2,4-5,8,10-12,15H2,1H3,(H2,27,30). The molecule has 3 aromatic rings. The molecule has 0 saturated heterocycles. The van der Waals surface area contributed by atoms with Crippen LogP contribution >= 0.6 is 0 Å². The molecule has 158 valence electrons. The molecule has 2 N–H and O–H groups in total. The Bertz CT molecular complexity index is 972. The molecule has 4 nitrogen and oxygen atoms in total. The van der Waals surface area contributed by atoms with Gasteiger partial charge in [0.2, 0.25) is 5.91 Å². The Kier molecular flexibility index (Phi) is 6.51. The quantitative estimate of drug-likeness (QED) is 0.493. The summed E-state index contributed by atoms with van der Waals surface area (Å²) in [6.07, 6.45) is 13.2. The molecule has 4 rings (SSSR count). The normalized spacial score (nSPS) is 17.1. The molecule has 2 atom stereocenters. The summed E-state index contributed by atoms with van der Waals surface area (Å²) < 4.78 is 2.30. The van der Waals surface area contributed by atoms with Gasteiger partial charge in [-0.3, -0.25) is 4.79 Å². The summed E-state index contributed by atoms with van der Waals surface area (Å²) in [7, 11) is 0.